The van der Waals surface area contributed by atoms with Crippen LogP contribution in [0.3, 0.4) is 0 Å². The van der Waals surface area contributed by atoms with E-state index in [1.165, 1.54) is 6.92 Å². The SMILES string of the molecule is CC(NC(=O)C(CO)NC(=O)C(N)CCC(=O)O)C(=O)NC(CCCN=C(N)N)C(=O)O. The maximum atomic E-state index is 12.3. The molecule has 0 aliphatic heterocycles. The van der Waals surface area contributed by atoms with Crippen LogP contribution in [-0.4, -0.2) is 88.3 Å². The largest absolute Gasteiger partial charge is 0.481 e. The molecular weight excluding hydrogens is 430 g/mol. The average molecular weight is 461 g/mol. The van der Waals surface area contributed by atoms with Crippen LogP contribution < -0.4 is 33.2 Å². The number of amides is 3. The van der Waals surface area contributed by atoms with Gasteiger partial charge < -0.3 is 48.5 Å². The fourth-order valence-corrected chi connectivity index (χ4v) is 2.32. The number of hydrogen-bond donors (Lipinski definition) is 9. The van der Waals surface area contributed by atoms with E-state index in [1.54, 1.807) is 0 Å². The molecule has 15 nitrogen and oxygen atoms in total. The van der Waals surface area contributed by atoms with E-state index in [4.69, 9.17) is 22.3 Å². The molecule has 12 N–H and O–H groups in total. The number of nitrogens with one attached hydrogen (secondary N) is 3. The summed E-state index contributed by atoms with van der Waals surface area (Å²) in [6, 6.07) is -5.13. The van der Waals surface area contributed by atoms with E-state index in [0.717, 1.165) is 0 Å². The van der Waals surface area contributed by atoms with Crippen LogP contribution in [0.4, 0.5) is 0 Å². The molecule has 4 atom stereocenters. The Morgan fingerprint density at radius 1 is 0.906 bits per heavy atom. The van der Waals surface area contributed by atoms with Gasteiger partial charge in [0.05, 0.1) is 12.6 Å². The summed E-state index contributed by atoms with van der Waals surface area (Å²) in [4.78, 5) is 62.0. The van der Waals surface area contributed by atoms with Crippen molar-refractivity contribution < 1.29 is 39.3 Å². The second-order valence-corrected chi connectivity index (χ2v) is 6.86. The fraction of sp³-hybridized carbons (Fsp3) is 0.647. The van der Waals surface area contributed by atoms with E-state index >= 15 is 0 Å². The number of carbonyl (C=O) groups excluding carboxylic acids is 3. The number of aliphatic hydroxyl groups is 1. The molecule has 3 amide bonds. The lowest BCUT2D eigenvalue weighted by Gasteiger charge is -2.22. The molecule has 0 aromatic heterocycles. The van der Waals surface area contributed by atoms with Crippen LogP contribution in [0.5, 0.6) is 0 Å². The highest BCUT2D eigenvalue weighted by Gasteiger charge is 2.28. The van der Waals surface area contributed by atoms with Crippen LogP contribution in [0.2, 0.25) is 0 Å². The Kier molecular flexibility index (Phi) is 13.0. The van der Waals surface area contributed by atoms with Crippen molar-refractivity contribution in [2.24, 2.45) is 22.2 Å². The van der Waals surface area contributed by atoms with Crippen molar-refractivity contribution in [1.29, 1.82) is 0 Å². The van der Waals surface area contributed by atoms with Gasteiger partial charge in [0, 0.05) is 13.0 Å². The van der Waals surface area contributed by atoms with Crippen molar-refractivity contribution in [1.82, 2.24) is 16.0 Å². The standard InChI is InChI=1S/C17H31N7O8/c1-8(13(28)23-10(16(31)32)3-2-6-21-17(19)20)22-15(30)11(7-25)24-14(29)9(18)4-5-12(26)27/h8-11,25H,2-7,18H2,1H3,(H,22,30)(H,23,28)(H,24,29)(H,26,27)(H,31,32)(H4,19,20,21). The minimum absolute atomic E-state index is 0.0298. The molecule has 0 radical (unpaired) electrons. The van der Waals surface area contributed by atoms with Crippen molar-refractivity contribution >= 4 is 35.6 Å². The Morgan fingerprint density at radius 2 is 1.50 bits per heavy atom. The van der Waals surface area contributed by atoms with Gasteiger partial charge in [0.2, 0.25) is 17.7 Å². The molecule has 0 aromatic carbocycles. The number of aliphatic carboxylic acids is 2. The third kappa shape index (κ3) is 11.7. The highest BCUT2D eigenvalue weighted by Crippen LogP contribution is 2.00. The number of carboxylic acids is 2. The van der Waals surface area contributed by atoms with Gasteiger partial charge in [-0.25, -0.2) is 4.79 Å². The summed E-state index contributed by atoms with van der Waals surface area (Å²) in [5.41, 5.74) is 15.9. The summed E-state index contributed by atoms with van der Waals surface area (Å²) in [5, 5.41) is 33.9. The Bertz CT molecular complexity index is 711. The van der Waals surface area contributed by atoms with Crippen molar-refractivity contribution in [3.63, 3.8) is 0 Å². The summed E-state index contributed by atoms with van der Waals surface area (Å²) >= 11 is 0. The zero-order chi connectivity index (χ0) is 24.8. The van der Waals surface area contributed by atoms with Crippen molar-refractivity contribution in [3.8, 4) is 0 Å². The van der Waals surface area contributed by atoms with Gasteiger partial charge in [-0.05, 0) is 26.2 Å². The average Bonchev–Trinajstić information content (AvgIpc) is 2.71. The molecule has 0 fully saturated rings. The van der Waals surface area contributed by atoms with Crippen LogP contribution in [-0.2, 0) is 24.0 Å². The van der Waals surface area contributed by atoms with E-state index in [9.17, 15) is 34.2 Å². The molecule has 0 rings (SSSR count). The predicted octanol–water partition coefficient (Wildman–Crippen LogP) is -4.22. The quantitative estimate of drug-likeness (QED) is 0.0640. The Hall–Kier alpha value is -3.46. The molecule has 0 heterocycles. The molecule has 0 aliphatic rings. The molecule has 32 heavy (non-hydrogen) atoms. The van der Waals surface area contributed by atoms with Crippen molar-refractivity contribution in [2.45, 2.75) is 56.8 Å². The van der Waals surface area contributed by atoms with Gasteiger partial charge in [-0.2, -0.15) is 0 Å². The molecule has 15 heteroatoms. The number of nitrogens with zero attached hydrogens (tertiary/aromatic N) is 1. The number of carboxylic acid groups (broad SMARTS) is 2. The number of aliphatic imine (C=N–C) groups is 1. The highest BCUT2D eigenvalue weighted by molar-refractivity contribution is 5.94. The van der Waals surface area contributed by atoms with Crippen LogP contribution >= 0.6 is 0 Å². The lowest BCUT2D eigenvalue weighted by molar-refractivity contribution is -0.142. The van der Waals surface area contributed by atoms with Crippen molar-refractivity contribution in [3.05, 3.63) is 0 Å². The highest BCUT2D eigenvalue weighted by atomic mass is 16.4. The number of hydrogen-bond acceptors (Lipinski definition) is 8. The van der Waals surface area contributed by atoms with E-state index in [0.29, 0.717) is 0 Å². The molecule has 0 saturated heterocycles. The molecule has 4 unspecified atom stereocenters. The maximum Gasteiger partial charge on any atom is 0.326 e. The summed E-state index contributed by atoms with van der Waals surface area (Å²) in [5.74, 6) is -5.19. The van der Waals surface area contributed by atoms with Crippen LogP contribution in [0.1, 0.15) is 32.6 Å². The first-order valence-electron chi connectivity index (χ1n) is 9.66. The second-order valence-electron chi connectivity index (χ2n) is 6.86. The van der Waals surface area contributed by atoms with Crippen LogP contribution in [0.15, 0.2) is 4.99 Å². The zero-order valence-electron chi connectivity index (χ0n) is 17.6. The first-order valence-corrected chi connectivity index (χ1v) is 9.66. The Labute approximate surface area is 183 Å². The van der Waals surface area contributed by atoms with Gasteiger partial charge in [-0.15, -0.1) is 0 Å². The smallest absolute Gasteiger partial charge is 0.326 e. The van der Waals surface area contributed by atoms with E-state index in [-0.39, 0.29) is 38.2 Å². The van der Waals surface area contributed by atoms with E-state index in [1.807, 2.05) is 0 Å². The summed E-state index contributed by atoms with van der Waals surface area (Å²) in [6.45, 7) is 0.626. The lowest BCUT2D eigenvalue weighted by atomic mass is 10.1. The number of aliphatic hydroxyl groups excluding tert-OH is 1. The van der Waals surface area contributed by atoms with Gasteiger partial charge in [0.15, 0.2) is 5.96 Å². The summed E-state index contributed by atoms with van der Waals surface area (Å²) < 4.78 is 0. The number of rotatable bonds is 15. The minimum atomic E-state index is -1.46. The molecule has 0 aromatic rings. The molecule has 0 saturated carbocycles. The number of guanidine groups is 1. The van der Waals surface area contributed by atoms with Crippen LogP contribution in [0, 0.1) is 0 Å². The Balaban J connectivity index is 4.77. The zero-order valence-corrected chi connectivity index (χ0v) is 17.6. The topological polar surface area (TPSA) is 273 Å². The lowest BCUT2D eigenvalue weighted by Crippen LogP contribution is -2.57. The second kappa shape index (κ2) is 14.5. The van der Waals surface area contributed by atoms with Crippen molar-refractivity contribution in [2.75, 3.05) is 13.2 Å². The Morgan fingerprint density at radius 3 is 2.00 bits per heavy atom. The van der Waals surface area contributed by atoms with E-state index < -0.39 is 60.4 Å². The van der Waals surface area contributed by atoms with E-state index in [2.05, 4.69) is 20.9 Å². The third-order valence-corrected chi connectivity index (χ3v) is 4.13. The van der Waals surface area contributed by atoms with Gasteiger partial charge >= 0.3 is 11.9 Å². The normalized spacial score (nSPS) is 14.2. The van der Waals surface area contributed by atoms with Gasteiger partial charge in [0.1, 0.15) is 18.1 Å². The number of nitrogens with two attached hydrogens (primary N) is 3. The molecule has 0 spiro atoms. The first-order chi connectivity index (χ1) is 14.9. The maximum absolute atomic E-state index is 12.3. The molecule has 0 bridgehead atoms. The van der Waals surface area contributed by atoms with Crippen LogP contribution in [0.25, 0.3) is 0 Å². The fourth-order valence-electron chi connectivity index (χ4n) is 2.32. The minimum Gasteiger partial charge on any atom is -0.481 e. The monoisotopic (exact) mass is 461 g/mol. The summed E-state index contributed by atoms with van der Waals surface area (Å²) in [6.07, 6.45) is -0.239. The van der Waals surface area contributed by atoms with Gasteiger partial charge in [-0.1, -0.05) is 0 Å². The molecular formula is C17H31N7O8. The summed E-state index contributed by atoms with van der Waals surface area (Å²) in [7, 11) is 0. The van der Waals surface area contributed by atoms with Gasteiger partial charge in [0.25, 0.3) is 0 Å². The first kappa shape index (κ1) is 28.5. The van der Waals surface area contributed by atoms with Gasteiger partial charge in [-0.3, -0.25) is 24.2 Å². The predicted molar refractivity (Wildman–Crippen MR) is 111 cm³/mol. The molecule has 0 aliphatic carbocycles. The molecule has 182 valence electrons. The number of carbonyl (C=O) groups is 5. The third-order valence-electron chi connectivity index (χ3n) is 4.13.